The molecule has 0 bridgehead atoms. The number of benzene rings is 1. The molecule has 0 amide bonds. The highest BCUT2D eigenvalue weighted by Gasteiger charge is 2.19. The molecule has 3 heteroatoms. The van der Waals surface area contributed by atoms with Crippen LogP contribution in [0.3, 0.4) is 0 Å². The van der Waals surface area contributed by atoms with Gasteiger partial charge in [0, 0.05) is 12.6 Å². The third-order valence-electron chi connectivity index (χ3n) is 4.02. The number of aromatic hydroxyl groups is 2. The van der Waals surface area contributed by atoms with Crippen molar-refractivity contribution in [3.63, 3.8) is 0 Å². The van der Waals surface area contributed by atoms with Crippen molar-refractivity contribution in [2.75, 3.05) is 0 Å². The van der Waals surface area contributed by atoms with E-state index in [2.05, 4.69) is 12.2 Å². The quantitative estimate of drug-likeness (QED) is 0.718. The van der Waals surface area contributed by atoms with Gasteiger partial charge in [0.15, 0.2) is 11.5 Å². The molecule has 0 radical (unpaired) electrons. The summed E-state index contributed by atoms with van der Waals surface area (Å²) in [7, 11) is 0. The molecule has 3 nitrogen and oxygen atoms in total. The zero-order valence-electron chi connectivity index (χ0n) is 11.0. The fourth-order valence-corrected chi connectivity index (χ4v) is 2.76. The van der Waals surface area contributed by atoms with Gasteiger partial charge in [-0.25, -0.2) is 0 Å². The smallest absolute Gasteiger partial charge is 0.157 e. The first-order valence-electron chi connectivity index (χ1n) is 6.91. The summed E-state index contributed by atoms with van der Waals surface area (Å²) in [5, 5.41) is 22.2. The van der Waals surface area contributed by atoms with Crippen LogP contribution in [0.25, 0.3) is 0 Å². The summed E-state index contributed by atoms with van der Waals surface area (Å²) in [6.45, 7) is 2.99. The highest BCUT2D eigenvalue weighted by Crippen LogP contribution is 2.27. The summed E-state index contributed by atoms with van der Waals surface area (Å²) in [6, 6.07) is 5.52. The second-order valence-corrected chi connectivity index (χ2v) is 5.39. The average Bonchev–Trinajstić information content (AvgIpc) is 2.41. The van der Waals surface area contributed by atoms with Gasteiger partial charge in [0.25, 0.3) is 0 Å². The number of phenolic OH excluding ortho intramolecular Hbond substituents is 2. The van der Waals surface area contributed by atoms with E-state index in [1.165, 1.54) is 38.2 Å². The molecule has 1 saturated carbocycles. The molecule has 1 unspecified atom stereocenters. The van der Waals surface area contributed by atoms with E-state index in [9.17, 15) is 10.2 Å². The summed E-state index contributed by atoms with van der Waals surface area (Å²) in [5.74, 6) is 0.683. The number of phenols is 2. The van der Waals surface area contributed by atoms with Crippen molar-refractivity contribution in [3.8, 4) is 11.5 Å². The topological polar surface area (TPSA) is 52.5 Å². The van der Waals surface area contributed by atoms with E-state index in [1.54, 1.807) is 6.07 Å². The molecule has 18 heavy (non-hydrogen) atoms. The van der Waals surface area contributed by atoms with Gasteiger partial charge in [-0.1, -0.05) is 25.3 Å². The highest BCUT2D eigenvalue weighted by molar-refractivity contribution is 5.40. The van der Waals surface area contributed by atoms with Crippen molar-refractivity contribution < 1.29 is 10.2 Å². The van der Waals surface area contributed by atoms with Crippen molar-refractivity contribution in [2.45, 2.75) is 51.6 Å². The van der Waals surface area contributed by atoms with E-state index in [0.717, 1.165) is 18.0 Å². The SMILES string of the molecule is CC(NCc1ccc(O)c(O)c1)C1CCCCC1. The largest absolute Gasteiger partial charge is 0.504 e. The third kappa shape index (κ3) is 3.39. The normalized spacial score (nSPS) is 18.7. The Balaban J connectivity index is 1.84. The van der Waals surface area contributed by atoms with Gasteiger partial charge in [-0.2, -0.15) is 0 Å². The molecular formula is C15H23NO2. The lowest BCUT2D eigenvalue weighted by molar-refractivity contribution is 0.280. The second kappa shape index (κ2) is 6.10. The number of hydrogen-bond donors (Lipinski definition) is 3. The number of rotatable bonds is 4. The maximum Gasteiger partial charge on any atom is 0.157 e. The molecule has 1 aromatic carbocycles. The van der Waals surface area contributed by atoms with E-state index in [-0.39, 0.29) is 11.5 Å². The third-order valence-corrected chi connectivity index (χ3v) is 4.02. The van der Waals surface area contributed by atoms with Gasteiger partial charge >= 0.3 is 0 Å². The molecule has 0 aliphatic heterocycles. The van der Waals surface area contributed by atoms with Crippen molar-refractivity contribution in [3.05, 3.63) is 23.8 Å². The molecule has 0 aromatic heterocycles. The summed E-state index contributed by atoms with van der Waals surface area (Å²) in [6.07, 6.45) is 6.76. The van der Waals surface area contributed by atoms with Crippen LogP contribution in [-0.2, 0) is 6.54 Å². The van der Waals surface area contributed by atoms with Crippen LogP contribution in [0.5, 0.6) is 11.5 Å². The minimum atomic E-state index is -0.0564. The fourth-order valence-electron chi connectivity index (χ4n) is 2.76. The van der Waals surface area contributed by atoms with Gasteiger partial charge in [-0.15, -0.1) is 0 Å². The molecular weight excluding hydrogens is 226 g/mol. The molecule has 2 rings (SSSR count). The first kappa shape index (κ1) is 13.2. The maximum absolute atomic E-state index is 9.44. The van der Waals surface area contributed by atoms with Gasteiger partial charge in [0.2, 0.25) is 0 Å². The average molecular weight is 249 g/mol. The zero-order chi connectivity index (χ0) is 13.0. The van der Waals surface area contributed by atoms with E-state index in [0.29, 0.717) is 6.04 Å². The van der Waals surface area contributed by atoms with E-state index in [1.807, 2.05) is 6.07 Å². The second-order valence-electron chi connectivity index (χ2n) is 5.39. The molecule has 0 heterocycles. The zero-order valence-corrected chi connectivity index (χ0v) is 11.0. The Labute approximate surface area is 109 Å². The molecule has 1 atom stereocenters. The minimum absolute atomic E-state index is 0.0420. The van der Waals surface area contributed by atoms with Crippen LogP contribution in [0.1, 0.15) is 44.6 Å². The predicted octanol–water partition coefficient (Wildman–Crippen LogP) is 3.16. The molecule has 1 aliphatic rings. The maximum atomic E-state index is 9.44. The minimum Gasteiger partial charge on any atom is -0.504 e. The molecule has 1 fully saturated rings. The Morgan fingerprint density at radius 3 is 2.56 bits per heavy atom. The molecule has 3 N–H and O–H groups in total. The Kier molecular flexibility index (Phi) is 4.48. The van der Waals surface area contributed by atoms with Crippen LogP contribution in [0, 0.1) is 5.92 Å². The van der Waals surface area contributed by atoms with Crippen LogP contribution in [0.2, 0.25) is 0 Å². The molecule has 1 aliphatic carbocycles. The van der Waals surface area contributed by atoms with Gasteiger partial charge in [-0.05, 0) is 43.4 Å². The number of hydrogen-bond acceptors (Lipinski definition) is 3. The molecule has 0 spiro atoms. The Morgan fingerprint density at radius 2 is 1.89 bits per heavy atom. The van der Waals surface area contributed by atoms with Gasteiger partial charge < -0.3 is 15.5 Å². The van der Waals surface area contributed by atoms with E-state index >= 15 is 0 Å². The lowest BCUT2D eigenvalue weighted by atomic mass is 9.84. The monoisotopic (exact) mass is 249 g/mol. The fraction of sp³-hybridized carbons (Fsp3) is 0.600. The van der Waals surface area contributed by atoms with E-state index < -0.39 is 0 Å². The van der Waals surface area contributed by atoms with Crippen LogP contribution < -0.4 is 5.32 Å². The van der Waals surface area contributed by atoms with Gasteiger partial charge in [0.05, 0.1) is 0 Å². The highest BCUT2D eigenvalue weighted by atomic mass is 16.3. The summed E-state index contributed by atoms with van der Waals surface area (Å²) >= 11 is 0. The standard InChI is InChI=1S/C15H23NO2/c1-11(13-5-3-2-4-6-13)16-10-12-7-8-14(17)15(18)9-12/h7-9,11,13,16-18H,2-6,10H2,1H3. The Hall–Kier alpha value is -1.22. The van der Waals surface area contributed by atoms with Crippen molar-refractivity contribution >= 4 is 0 Å². The van der Waals surface area contributed by atoms with Crippen LogP contribution in [0.4, 0.5) is 0 Å². The predicted molar refractivity (Wildman–Crippen MR) is 72.6 cm³/mol. The van der Waals surface area contributed by atoms with Crippen molar-refractivity contribution in [1.82, 2.24) is 5.32 Å². The molecule has 0 saturated heterocycles. The molecule has 1 aromatic rings. The van der Waals surface area contributed by atoms with Gasteiger partial charge in [-0.3, -0.25) is 0 Å². The van der Waals surface area contributed by atoms with Crippen LogP contribution in [0.15, 0.2) is 18.2 Å². The summed E-state index contributed by atoms with van der Waals surface area (Å²) in [4.78, 5) is 0. The Bertz CT molecular complexity index is 386. The van der Waals surface area contributed by atoms with Crippen molar-refractivity contribution in [1.29, 1.82) is 0 Å². The van der Waals surface area contributed by atoms with Crippen LogP contribution in [-0.4, -0.2) is 16.3 Å². The van der Waals surface area contributed by atoms with Crippen LogP contribution >= 0.6 is 0 Å². The Morgan fingerprint density at radius 1 is 1.17 bits per heavy atom. The lowest BCUT2D eigenvalue weighted by Gasteiger charge is -2.28. The first-order valence-corrected chi connectivity index (χ1v) is 6.91. The van der Waals surface area contributed by atoms with Crippen molar-refractivity contribution in [2.24, 2.45) is 5.92 Å². The van der Waals surface area contributed by atoms with Gasteiger partial charge in [0.1, 0.15) is 0 Å². The summed E-state index contributed by atoms with van der Waals surface area (Å²) in [5.41, 5.74) is 1.01. The first-order chi connectivity index (χ1) is 8.66. The lowest BCUT2D eigenvalue weighted by Crippen LogP contribution is -2.34. The summed E-state index contributed by atoms with van der Waals surface area (Å²) < 4.78 is 0. The van der Waals surface area contributed by atoms with E-state index in [4.69, 9.17) is 0 Å². The molecule has 100 valence electrons. The number of nitrogens with one attached hydrogen (secondary N) is 1.